The first-order valence-corrected chi connectivity index (χ1v) is 11.2. The van der Waals surface area contributed by atoms with Gasteiger partial charge in [0.15, 0.2) is 0 Å². The van der Waals surface area contributed by atoms with Crippen molar-refractivity contribution >= 4 is 11.6 Å². The lowest BCUT2D eigenvalue weighted by Gasteiger charge is -2.41. The summed E-state index contributed by atoms with van der Waals surface area (Å²) < 4.78 is 0. The van der Waals surface area contributed by atoms with Gasteiger partial charge in [-0.05, 0) is 43.4 Å². The van der Waals surface area contributed by atoms with Crippen LogP contribution in [-0.2, 0) is 6.54 Å². The molecule has 2 aromatic rings. The second kappa shape index (κ2) is 10.0. The van der Waals surface area contributed by atoms with Gasteiger partial charge in [0, 0.05) is 43.6 Å². The summed E-state index contributed by atoms with van der Waals surface area (Å²) in [5.74, 6) is -0.163. The molecule has 1 saturated heterocycles. The third-order valence-corrected chi connectivity index (χ3v) is 6.35. The Hall–Kier alpha value is -2.44. The maximum Gasteiger partial charge on any atom is 0.270 e. The molecular formula is C24H32N4O2. The molecule has 1 aliphatic carbocycles. The van der Waals surface area contributed by atoms with E-state index in [0.29, 0.717) is 24.3 Å². The number of carbonyl (C=O) groups is 1. The van der Waals surface area contributed by atoms with Crippen LogP contribution in [0.4, 0.5) is 5.69 Å². The first-order valence-electron chi connectivity index (χ1n) is 11.2. The highest BCUT2D eigenvalue weighted by Gasteiger charge is 2.31. The molecule has 1 aromatic heterocycles. The molecule has 30 heavy (non-hydrogen) atoms. The second-order valence-corrected chi connectivity index (χ2v) is 8.47. The lowest BCUT2D eigenvalue weighted by Crippen LogP contribution is -2.50. The quantitative estimate of drug-likeness (QED) is 0.684. The zero-order valence-electron chi connectivity index (χ0n) is 17.5. The SMILES string of the molecule is O=C(NCc1ccccc1)c1cc(NC2CCN(C3CCCCC3O)CC2)ccn1. The van der Waals surface area contributed by atoms with Gasteiger partial charge in [0.2, 0.25) is 0 Å². The number of hydrogen-bond acceptors (Lipinski definition) is 5. The van der Waals surface area contributed by atoms with Gasteiger partial charge in [-0.25, -0.2) is 0 Å². The number of nitrogens with zero attached hydrogens (tertiary/aromatic N) is 2. The maximum atomic E-state index is 12.5. The van der Waals surface area contributed by atoms with Crippen LogP contribution in [0.2, 0.25) is 0 Å². The predicted molar refractivity (Wildman–Crippen MR) is 118 cm³/mol. The molecule has 2 atom stereocenters. The molecule has 0 bridgehead atoms. The number of nitrogens with one attached hydrogen (secondary N) is 2. The van der Waals surface area contributed by atoms with Gasteiger partial charge in [0.1, 0.15) is 5.69 Å². The number of aliphatic hydroxyl groups is 1. The molecule has 0 radical (unpaired) electrons. The highest BCUT2D eigenvalue weighted by atomic mass is 16.3. The van der Waals surface area contributed by atoms with Crippen molar-refractivity contribution in [3.05, 3.63) is 59.9 Å². The van der Waals surface area contributed by atoms with E-state index < -0.39 is 0 Å². The minimum absolute atomic E-state index is 0.163. The predicted octanol–water partition coefficient (Wildman–Crippen LogP) is 3.19. The van der Waals surface area contributed by atoms with Crippen LogP contribution in [0.3, 0.4) is 0 Å². The Labute approximate surface area is 178 Å². The summed E-state index contributed by atoms with van der Waals surface area (Å²) in [6, 6.07) is 14.3. The van der Waals surface area contributed by atoms with E-state index in [4.69, 9.17) is 0 Å². The van der Waals surface area contributed by atoms with Crippen LogP contribution in [-0.4, -0.2) is 52.2 Å². The van der Waals surface area contributed by atoms with Gasteiger partial charge in [-0.3, -0.25) is 14.7 Å². The number of likely N-dealkylation sites (tertiary alicyclic amines) is 1. The number of anilines is 1. The zero-order valence-corrected chi connectivity index (χ0v) is 17.5. The minimum atomic E-state index is -0.166. The number of rotatable bonds is 6. The molecule has 1 aliphatic heterocycles. The standard InChI is InChI=1S/C24H32N4O2/c29-23-9-5-4-8-22(23)28-14-11-19(12-15-28)27-20-10-13-25-21(16-20)24(30)26-17-18-6-2-1-3-7-18/h1-3,6-7,10,13,16,19,22-23,29H,4-5,8-9,11-12,14-15,17H2,(H,25,27)(H,26,30). The van der Waals surface area contributed by atoms with E-state index in [1.54, 1.807) is 6.20 Å². The monoisotopic (exact) mass is 408 g/mol. The van der Waals surface area contributed by atoms with E-state index in [2.05, 4.69) is 20.5 Å². The van der Waals surface area contributed by atoms with Gasteiger partial charge in [0.05, 0.1) is 6.10 Å². The van der Waals surface area contributed by atoms with Crippen molar-refractivity contribution in [2.75, 3.05) is 18.4 Å². The van der Waals surface area contributed by atoms with Crippen LogP contribution in [0.1, 0.15) is 54.6 Å². The molecule has 0 spiro atoms. The molecule has 160 valence electrons. The molecule has 1 amide bonds. The number of amides is 1. The fourth-order valence-corrected chi connectivity index (χ4v) is 4.64. The normalized spacial score (nSPS) is 23.1. The largest absolute Gasteiger partial charge is 0.391 e. The van der Waals surface area contributed by atoms with Crippen molar-refractivity contribution in [1.82, 2.24) is 15.2 Å². The van der Waals surface area contributed by atoms with Gasteiger partial charge >= 0.3 is 0 Å². The summed E-state index contributed by atoms with van der Waals surface area (Å²) in [5.41, 5.74) is 2.43. The topological polar surface area (TPSA) is 77.5 Å². The highest BCUT2D eigenvalue weighted by molar-refractivity contribution is 5.93. The van der Waals surface area contributed by atoms with Crippen molar-refractivity contribution in [3.63, 3.8) is 0 Å². The van der Waals surface area contributed by atoms with E-state index in [1.165, 1.54) is 6.42 Å². The smallest absolute Gasteiger partial charge is 0.270 e. The van der Waals surface area contributed by atoms with E-state index in [1.807, 2.05) is 42.5 Å². The van der Waals surface area contributed by atoms with Crippen LogP contribution < -0.4 is 10.6 Å². The molecule has 6 nitrogen and oxygen atoms in total. The number of aromatic nitrogens is 1. The van der Waals surface area contributed by atoms with Crippen LogP contribution in [0.25, 0.3) is 0 Å². The Kier molecular flexibility index (Phi) is 6.97. The molecule has 2 heterocycles. The van der Waals surface area contributed by atoms with E-state index in [9.17, 15) is 9.90 Å². The number of piperidine rings is 1. The molecule has 3 N–H and O–H groups in total. The summed E-state index contributed by atoms with van der Waals surface area (Å²) in [7, 11) is 0. The van der Waals surface area contributed by atoms with Crippen molar-refractivity contribution in [2.45, 2.75) is 63.3 Å². The van der Waals surface area contributed by atoms with E-state index >= 15 is 0 Å². The first-order chi connectivity index (χ1) is 14.7. The number of carbonyl (C=O) groups excluding carboxylic acids is 1. The van der Waals surface area contributed by atoms with Gasteiger partial charge in [-0.15, -0.1) is 0 Å². The summed E-state index contributed by atoms with van der Waals surface area (Å²) in [4.78, 5) is 19.2. The fourth-order valence-electron chi connectivity index (χ4n) is 4.64. The molecule has 2 fully saturated rings. The molecule has 1 aromatic carbocycles. The Morgan fingerprint density at radius 3 is 2.60 bits per heavy atom. The van der Waals surface area contributed by atoms with Gasteiger partial charge in [0.25, 0.3) is 5.91 Å². The lowest BCUT2D eigenvalue weighted by molar-refractivity contribution is 0.00994. The van der Waals surface area contributed by atoms with Crippen LogP contribution in [0, 0.1) is 0 Å². The molecule has 4 rings (SSSR count). The molecule has 1 saturated carbocycles. The van der Waals surface area contributed by atoms with Gasteiger partial charge in [-0.1, -0.05) is 43.2 Å². The molecule has 2 aliphatic rings. The number of hydrogen-bond donors (Lipinski definition) is 3. The van der Waals surface area contributed by atoms with Crippen LogP contribution in [0.5, 0.6) is 0 Å². The van der Waals surface area contributed by atoms with Crippen molar-refractivity contribution in [1.29, 1.82) is 0 Å². The second-order valence-electron chi connectivity index (χ2n) is 8.47. The van der Waals surface area contributed by atoms with Gasteiger partial charge in [-0.2, -0.15) is 0 Å². The Morgan fingerprint density at radius 2 is 1.83 bits per heavy atom. The minimum Gasteiger partial charge on any atom is -0.391 e. The number of aliphatic hydroxyl groups excluding tert-OH is 1. The molecular weight excluding hydrogens is 376 g/mol. The van der Waals surface area contributed by atoms with Crippen molar-refractivity contribution in [2.24, 2.45) is 0 Å². The van der Waals surface area contributed by atoms with E-state index in [-0.39, 0.29) is 12.0 Å². The Bertz CT molecular complexity index is 821. The fraction of sp³-hybridized carbons (Fsp3) is 0.500. The summed E-state index contributed by atoms with van der Waals surface area (Å²) in [5, 5.41) is 16.8. The third kappa shape index (κ3) is 5.37. The van der Waals surface area contributed by atoms with Crippen LogP contribution in [0.15, 0.2) is 48.7 Å². The Balaban J connectivity index is 1.28. The van der Waals surface area contributed by atoms with E-state index in [0.717, 1.165) is 56.4 Å². The van der Waals surface area contributed by atoms with Crippen molar-refractivity contribution < 1.29 is 9.90 Å². The van der Waals surface area contributed by atoms with Gasteiger partial charge < -0.3 is 15.7 Å². The molecule has 2 unspecified atom stereocenters. The average molecular weight is 409 g/mol. The Morgan fingerprint density at radius 1 is 1.07 bits per heavy atom. The lowest BCUT2D eigenvalue weighted by atomic mass is 9.89. The summed E-state index contributed by atoms with van der Waals surface area (Å²) >= 11 is 0. The van der Waals surface area contributed by atoms with Crippen LogP contribution >= 0.6 is 0 Å². The summed E-state index contributed by atoms with van der Waals surface area (Å²) in [6.07, 6.45) is 8.04. The highest BCUT2D eigenvalue weighted by Crippen LogP contribution is 2.26. The number of benzene rings is 1. The first kappa shape index (κ1) is 20.8. The molecule has 6 heteroatoms. The zero-order chi connectivity index (χ0) is 20.8. The third-order valence-electron chi connectivity index (χ3n) is 6.35. The van der Waals surface area contributed by atoms with Crippen molar-refractivity contribution in [3.8, 4) is 0 Å². The maximum absolute atomic E-state index is 12.5. The number of pyridine rings is 1. The summed E-state index contributed by atoms with van der Waals surface area (Å²) in [6.45, 7) is 2.51. The average Bonchev–Trinajstić information content (AvgIpc) is 2.79.